The van der Waals surface area contributed by atoms with Crippen LogP contribution in [0.5, 0.6) is 0 Å². The summed E-state index contributed by atoms with van der Waals surface area (Å²) in [6.45, 7) is 4.10. The van der Waals surface area contributed by atoms with E-state index in [0.717, 1.165) is 5.56 Å². The van der Waals surface area contributed by atoms with Gasteiger partial charge in [-0.2, -0.15) is 0 Å². The van der Waals surface area contributed by atoms with E-state index in [4.69, 9.17) is 10.5 Å². The van der Waals surface area contributed by atoms with Gasteiger partial charge in [-0.3, -0.25) is 10.1 Å². The normalized spacial score (nSPS) is 10.6. The van der Waals surface area contributed by atoms with Crippen LogP contribution in [0.25, 0.3) is 11.3 Å². The summed E-state index contributed by atoms with van der Waals surface area (Å²) < 4.78 is 4.76. The molecule has 1 amide bonds. The SMILES string of the molecule is COCC(=O)Nc1nc(-c2ccc(C)c(C)c2)c(N)s1. The number of amides is 1. The van der Waals surface area contributed by atoms with Crippen molar-refractivity contribution in [1.82, 2.24) is 4.98 Å². The molecule has 6 heteroatoms. The largest absolute Gasteiger partial charge is 0.389 e. The number of aromatic nitrogens is 1. The Morgan fingerprint density at radius 2 is 2.15 bits per heavy atom. The molecule has 2 rings (SSSR count). The minimum absolute atomic E-state index is 0.00153. The molecule has 1 heterocycles. The number of aryl methyl sites for hydroxylation is 2. The van der Waals surface area contributed by atoms with Crippen LogP contribution in [0.1, 0.15) is 11.1 Å². The van der Waals surface area contributed by atoms with E-state index in [1.165, 1.54) is 29.6 Å². The molecule has 1 aromatic heterocycles. The van der Waals surface area contributed by atoms with E-state index in [0.29, 0.717) is 15.8 Å². The molecule has 0 fully saturated rings. The second kappa shape index (κ2) is 6.02. The maximum Gasteiger partial charge on any atom is 0.252 e. The van der Waals surface area contributed by atoms with Crippen LogP contribution in [0.3, 0.4) is 0 Å². The molecular formula is C14H17N3O2S. The highest BCUT2D eigenvalue weighted by atomic mass is 32.1. The van der Waals surface area contributed by atoms with Crippen molar-refractivity contribution in [3.8, 4) is 11.3 Å². The highest BCUT2D eigenvalue weighted by Crippen LogP contribution is 2.34. The van der Waals surface area contributed by atoms with Crippen LogP contribution in [-0.4, -0.2) is 24.6 Å². The van der Waals surface area contributed by atoms with Gasteiger partial charge in [-0.1, -0.05) is 23.5 Å². The summed E-state index contributed by atoms with van der Waals surface area (Å²) in [7, 11) is 1.47. The van der Waals surface area contributed by atoms with Crippen LogP contribution in [0.2, 0.25) is 0 Å². The lowest BCUT2D eigenvalue weighted by Gasteiger charge is -2.03. The minimum Gasteiger partial charge on any atom is -0.389 e. The van der Waals surface area contributed by atoms with E-state index in [-0.39, 0.29) is 12.5 Å². The van der Waals surface area contributed by atoms with Crippen LogP contribution in [0.15, 0.2) is 18.2 Å². The molecule has 3 N–H and O–H groups in total. The molecule has 106 valence electrons. The predicted octanol–water partition coefficient (Wildman–Crippen LogP) is 2.59. The number of nitrogen functional groups attached to an aromatic ring is 1. The Labute approximate surface area is 121 Å². The average molecular weight is 291 g/mol. The van der Waals surface area contributed by atoms with Crippen molar-refractivity contribution in [2.75, 3.05) is 24.8 Å². The first kappa shape index (κ1) is 14.5. The van der Waals surface area contributed by atoms with Gasteiger partial charge in [0.1, 0.15) is 17.3 Å². The highest BCUT2D eigenvalue weighted by molar-refractivity contribution is 7.20. The quantitative estimate of drug-likeness (QED) is 0.907. The van der Waals surface area contributed by atoms with Crippen molar-refractivity contribution < 1.29 is 9.53 Å². The van der Waals surface area contributed by atoms with E-state index in [2.05, 4.69) is 17.2 Å². The first-order valence-corrected chi connectivity index (χ1v) is 6.95. The van der Waals surface area contributed by atoms with Gasteiger partial charge in [0.2, 0.25) is 0 Å². The molecular weight excluding hydrogens is 274 g/mol. The summed E-state index contributed by atoms with van der Waals surface area (Å²) in [5.74, 6) is -0.243. The maximum absolute atomic E-state index is 11.5. The summed E-state index contributed by atoms with van der Waals surface area (Å²) in [6, 6.07) is 6.06. The van der Waals surface area contributed by atoms with Crippen LogP contribution >= 0.6 is 11.3 Å². The number of benzene rings is 1. The molecule has 0 bridgehead atoms. The third-order valence-corrected chi connectivity index (χ3v) is 3.76. The minimum atomic E-state index is -0.243. The molecule has 0 saturated heterocycles. The van der Waals surface area contributed by atoms with Crippen LogP contribution in [0, 0.1) is 13.8 Å². The summed E-state index contributed by atoms with van der Waals surface area (Å²) in [4.78, 5) is 15.8. The van der Waals surface area contributed by atoms with Crippen LogP contribution in [-0.2, 0) is 9.53 Å². The number of methoxy groups -OCH3 is 1. The fraction of sp³-hybridized carbons (Fsp3) is 0.286. The number of anilines is 2. The Kier molecular flexibility index (Phi) is 4.36. The van der Waals surface area contributed by atoms with Gasteiger partial charge < -0.3 is 10.5 Å². The number of ether oxygens (including phenoxy) is 1. The summed E-state index contributed by atoms with van der Waals surface area (Å²) in [6.07, 6.45) is 0. The molecule has 2 aromatic rings. The van der Waals surface area contributed by atoms with Gasteiger partial charge in [0.25, 0.3) is 5.91 Å². The van der Waals surface area contributed by atoms with Gasteiger partial charge >= 0.3 is 0 Å². The molecule has 0 radical (unpaired) electrons. The molecule has 0 saturated carbocycles. The monoisotopic (exact) mass is 291 g/mol. The topological polar surface area (TPSA) is 77.2 Å². The Morgan fingerprint density at radius 3 is 2.80 bits per heavy atom. The zero-order chi connectivity index (χ0) is 14.7. The number of nitrogens with one attached hydrogen (secondary N) is 1. The highest BCUT2D eigenvalue weighted by Gasteiger charge is 2.13. The average Bonchev–Trinajstić information content (AvgIpc) is 2.74. The molecule has 0 aliphatic rings. The van der Waals surface area contributed by atoms with Gasteiger partial charge in [0.15, 0.2) is 5.13 Å². The summed E-state index contributed by atoms with van der Waals surface area (Å²) in [5.41, 5.74) is 10.0. The molecule has 1 aromatic carbocycles. The number of nitrogens with two attached hydrogens (primary N) is 1. The molecule has 0 aliphatic heterocycles. The van der Waals surface area contributed by atoms with Gasteiger partial charge in [0, 0.05) is 12.7 Å². The van der Waals surface area contributed by atoms with Crippen molar-refractivity contribution >= 4 is 27.4 Å². The van der Waals surface area contributed by atoms with Crippen LogP contribution in [0.4, 0.5) is 10.1 Å². The molecule has 0 atom stereocenters. The fourth-order valence-electron chi connectivity index (χ4n) is 1.77. The van der Waals surface area contributed by atoms with Crippen molar-refractivity contribution in [2.24, 2.45) is 0 Å². The smallest absolute Gasteiger partial charge is 0.252 e. The second-order valence-electron chi connectivity index (χ2n) is 4.51. The lowest BCUT2D eigenvalue weighted by molar-refractivity contribution is -0.119. The third-order valence-electron chi connectivity index (χ3n) is 2.96. The first-order valence-electron chi connectivity index (χ1n) is 6.14. The molecule has 5 nitrogen and oxygen atoms in total. The van der Waals surface area contributed by atoms with E-state index in [9.17, 15) is 4.79 Å². The molecule has 20 heavy (non-hydrogen) atoms. The number of nitrogens with zero attached hydrogens (tertiary/aromatic N) is 1. The van der Waals surface area contributed by atoms with Crippen molar-refractivity contribution in [3.63, 3.8) is 0 Å². The zero-order valence-corrected chi connectivity index (χ0v) is 12.5. The zero-order valence-electron chi connectivity index (χ0n) is 11.7. The van der Waals surface area contributed by atoms with E-state index < -0.39 is 0 Å². The first-order chi connectivity index (χ1) is 9.51. The van der Waals surface area contributed by atoms with Crippen molar-refractivity contribution in [3.05, 3.63) is 29.3 Å². The summed E-state index contributed by atoms with van der Waals surface area (Å²) >= 11 is 1.25. The van der Waals surface area contributed by atoms with Gasteiger partial charge in [-0.05, 0) is 31.0 Å². The van der Waals surface area contributed by atoms with E-state index in [1.807, 2.05) is 25.1 Å². The van der Waals surface area contributed by atoms with E-state index in [1.54, 1.807) is 0 Å². The van der Waals surface area contributed by atoms with E-state index >= 15 is 0 Å². The Morgan fingerprint density at radius 1 is 1.40 bits per heavy atom. The Hall–Kier alpha value is -1.92. The van der Waals surface area contributed by atoms with Gasteiger partial charge in [-0.15, -0.1) is 0 Å². The number of carbonyl (C=O) groups is 1. The van der Waals surface area contributed by atoms with Crippen molar-refractivity contribution in [1.29, 1.82) is 0 Å². The Balaban J connectivity index is 2.27. The molecule has 0 spiro atoms. The predicted molar refractivity (Wildman–Crippen MR) is 81.9 cm³/mol. The summed E-state index contributed by atoms with van der Waals surface area (Å²) in [5, 5.41) is 3.73. The number of hydrogen-bond donors (Lipinski definition) is 2. The fourth-order valence-corrected chi connectivity index (χ4v) is 2.54. The number of hydrogen-bond acceptors (Lipinski definition) is 5. The number of rotatable bonds is 4. The second-order valence-corrected chi connectivity index (χ2v) is 5.54. The van der Waals surface area contributed by atoms with Gasteiger partial charge in [0.05, 0.1) is 0 Å². The number of carbonyl (C=O) groups excluding carboxylic acids is 1. The molecule has 0 aliphatic carbocycles. The maximum atomic E-state index is 11.5. The van der Waals surface area contributed by atoms with Crippen LogP contribution < -0.4 is 11.1 Å². The third kappa shape index (κ3) is 3.15. The standard InChI is InChI=1S/C14H17N3O2S/c1-8-4-5-10(6-9(8)2)12-13(15)20-14(17-12)16-11(18)7-19-3/h4-6H,7,15H2,1-3H3,(H,16,17,18). The van der Waals surface area contributed by atoms with Gasteiger partial charge in [-0.25, -0.2) is 4.98 Å². The Bertz CT molecular complexity index is 637. The van der Waals surface area contributed by atoms with Crippen molar-refractivity contribution in [2.45, 2.75) is 13.8 Å². The molecule has 0 unspecified atom stereocenters. The lowest BCUT2D eigenvalue weighted by atomic mass is 10.0. The number of thiazole rings is 1. The lowest BCUT2D eigenvalue weighted by Crippen LogP contribution is -2.16.